The number of aromatic nitrogens is 5. The molecule has 0 radical (unpaired) electrons. The van der Waals surface area contributed by atoms with Crippen LogP contribution >= 0.6 is 0 Å². The molecule has 0 aliphatic carbocycles. The van der Waals surface area contributed by atoms with Gasteiger partial charge in [-0.3, -0.25) is 5.10 Å². The summed E-state index contributed by atoms with van der Waals surface area (Å²) in [6.07, 6.45) is 9.37. The van der Waals surface area contributed by atoms with E-state index in [1.165, 1.54) is 12.8 Å². The maximum Gasteiger partial charge on any atom is 0.404 e. The molecule has 2 fully saturated rings. The van der Waals surface area contributed by atoms with Crippen LogP contribution in [0.4, 0.5) is 16.4 Å². The van der Waals surface area contributed by atoms with E-state index in [1.54, 1.807) is 26.2 Å². The van der Waals surface area contributed by atoms with Gasteiger partial charge in [-0.2, -0.15) is 10.2 Å². The highest BCUT2D eigenvalue weighted by molar-refractivity contribution is 5.71. The van der Waals surface area contributed by atoms with Crippen LogP contribution in [0.1, 0.15) is 65.0 Å². The molecule has 194 valence electrons. The summed E-state index contributed by atoms with van der Waals surface area (Å²) in [6.45, 7) is 11.6. The molecule has 5 N–H and O–H groups in total. The van der Waals surface area contributed by atoms with E-state index in [1.807, 2.05) is 36.7 Å². The molecule has 3 aromatic rings. The summed E-state index contributed by atoms with van der Waals surface area (Å²) >= 11 is 0. The molecule has 2 aliphatic heterocycles. The number of ether oxygens (including phenoxy) is 1. The van der Waals surface area contributed by atoms with E-state index in [9.17, 15) is 4.79 Å². The Hall–Kier alpha value is -3.18. The molecule has 3 aromatic heterocycles. The van der Waals surface area contributed by atoms with Gasteiger partial charge < -0.3 is 25.8 Å². The summed E-state index contributed by atoms with van der Waals surface area (Å²) in [7, 11) is 0. The minimum absolute atomic E-state index is 0.0255. The van der Waals surface area contributed by atoms with Gasteiger partial charge in [0.05, 0.1) is 24.3 Å². The van der Waals surface area contributed by atoms with Gasteiger partial charge in [0.15, 0.2) is 5.82 Å². The number of amides is 1. The van der Waals surface area contributed by atoms with Crippen LogP contribution in [0, 0.1) is 0 Å². The van der Waals surface area contributed by atoms with Gasteiger partial charge in [-0.25, -0.2) is 14.3 Å². The molecule has 2 aliphatic rings. The molecule has 0 unspecified atom stereocenters. The van der Waals surface area contributed by atoms with Crippen LogP contribution in [0.2, 0.25) is 0 Å². The van der Waals surface area contributed by atoms with Crippen LogP contribution < -0.4 is 16.0 Å². The minimum atomic E-state index is -0.963. The first kappa shape index (κ1) is 28.1. The van der Waals surface area contributed by atoms with Gasteiger partial charge in [0.1, 0.15) is 11.3 Å². The van der Waals surface area contributed by atoms with Crippen molar-refractivity contribution in [3.05, 3.63) is 36.4 Å². The molecular formula is C24H40N8O3. The van der Waals surface area contributed by atoms with E-state index in [2.05, 4.69) is 31.2 Å². The first-order valence-corrected chi connectivity index (χ1v) is 12.4. The Labute approximate surface area is 207 Å². The third-order valence-corrected chi connectivity index (χ3v) is 5.16. The Morgan fingerprint density at radius 1 is 1.17 bits per heavy atom. The first-order chi connectivity index (χ1) is 17.0. The number of piperidine rings is 1. The van der Waals surface area contributed by atoms with Crippen molar-refractivity contribution in [2.24, 2.45) is 0 Å². The smallest absolute Gasteiger partial charge is 0.404 e. The molecule has 0 atom stereocenters. The van der Waals surface area contributed by atoms with Crippen LogP contribution in [-0.2, 0) is 4.74 Å². The van der Waals surface area contributed by atoms with Crippen molar-refractivity contribution < 1.29 is 14.6 Å². The minimum Gasteiger partial charge on any atom is -0.465 e. The van der Waals surface area contributed by atoms with Gasteiger partial charge >= 0.3 is 6.09 Å². The quantitative estimate of drug-likeness (QED) is 0.369. The average Bonchev–Trinajstić information content (AvgIpc) is 3.65. The summed E-state index contributed by atoms with van der Waals surface area (Å²) in [5.41, 5.74) is 2.05. The average molecular weight is 489 g/mol. The Balaban J connectivity index is 0.000000255. The summed E-state index contributed by atoms with van der Waals surface area (Å²) in [5, 5.41) is 28.1. The highest BCUT2D eigenvalue weighted by Crippen LogP contribution is 2.27. The van der Waals surface area contributed by atoms with E-state index in [0.29, 0.717) is 5.92 Å². The molecule has 0 saturated carbocycles. The lowest BCUT2D eigenvalue weighted by Gasteiger charge is -2.22. The van der Waals surface area contributed by atoms with Crippen molar-refractivity contribution >= 4 is 23.2 Å². The van der Waals surface area contributed by atoms with Crippen molar-refractivity contribution in [1.29, 1.82) is 0 Å². The second-order valence-corrected chi connectivity index (χ2v) is 8.22. The van der Waals surface area contributed by atoms with Gasteiger partial charge in [0.25, 0.3) is 0 Å². The molecule has 11 heteroatoms. The Bertz CT molecular complexity index is 957. The number of hydrogen-bond donors (Lipinski definition) is 5. The SMILES string of the molecule is C1CCOC1.CC.CC(C)NC(=O)O.c1cc(Nc2nc(C3CCNCC3)cn3nccc23)[nH]n1. The van der Waals surface area contributed by atoms with Crippen LogP contribution in [0.5, 0.6) is 0 Å². The lowest BCUT2D eigenvalue weighted by atomic mass is 9.95. The van der Waals surface area contributed by atoms with Crippen LogP contribution in [0.15, 0.2) is 30.7 Å². The number of carbonyl (C=O) groups is 1. The number of H-pyrrole nitrogens is 1. The van der Waals surface area contributed by atoms with Crippen molar-refractivity contribution in [1.82, 2.24) is 35.4 Å². The maximum atomic E-state index is 9.70. The number of nitrogens with zero attached hydrogens (tertiary/aromatic N) is 4. The van der Waals surface area contributed by atoms with Crippen LogP contribution in [0.25, 0.3) is 5.52 Å². The zero-order chi connectivity index (χ0) is 25.5. The standard InChI is InChI=1S/C14H17N7.C4H9NO2.C4H8O.C2H6/c1-5-15-6-2-10(1)11-9-21-12(3-8-17-21)14(18-11)19-13-4-7-16-20-13;1-3(2)5-4(6)7;1-2-4-5-3-1;1-2/h3-4,7-10,15H,1-2,5-6H2,(H2,16,18,19,20);3,5H,1-2H3,(H,6,7);1-4H2;1-2H3. The lowest BCUT2D eigenvalue weighted by molar-refractivity contribution is 0.191. The highest BCUT2D eigenvalue weighted by Gasteiger charge is 2.19. The number of anilines is 2. The van der Waals surface area contributed by atoms with Crippen molar-refractivity contribution in [2.75, 3.05) is 31.6 Å². The van der Waals surface area contributed by atoms with Gasteiger partial charge in [-0.15, -0.1) is 0 Å². The third kappa shape index (κ3) is 9.91. The summed E-state index contributed by atoms with van der Waals surface area (Å²) in [4.78, 5) is 14.5. The first-order valence-electron chi connectivity index (χ1n) is 12.4. The summed E-state index contributed by atoms with van der Waals surface area (Å²) in [5.74, 6) is 2.13. The molecule has 35 heavy (non-hydrogen) atoms. The van der Waals surface area contributed by atoms with E-state index in [0.717, 1.165) is 62.0 Å². The molecule has 2 saturated heterocycles. The highest BCUT2D eigenvalue weighted by atomic mass is 16.5. The predicted molar refractivity (Wildman–Crippen MR) is 137 cm³/mol. The number of nitrogens with one attached hydrogen (secondary N) is 4. The number of fused-ring (bicyclic) bond motifs is 1. The number of aromatic amines is 1. The second-order valence-electron chi connectivity index (χ2n) is 8.22. The van der Waals surface area contributed by atoms with Crippen molar-refractivity contribution in [2.45, 2.75) is 65.3 Å². The molecule has 0 aromatic carbocycles. The fourth-order valence-corrected chi connectivity index (χ4v) is 3.56. The zero-order valence-electron chi connectivity index (χ0n) is 21.3. The van der Waals surface area contributed by atoms with Crippen molar-refractivity contribution in [3.63, 3.8) is 0 Å². The molecular weight excluding hydrogens is 448 g/mol. The van der Waals surface area contributed by atoms with E-state index >= 15 is 0 Å². The fourth-order valence-electron chi connectivity index (χ4n) is 3.56. The molecule has 0 bridgehead atoms. The monoisotopic (exact) mass is 488 g/mol. The van der Waals surface area contributed by atoms with Gasteiger partial charge in [0.2, 0.25) is 0 Å². The summed E-state index contributed by atoms with van der Waals surface area (Å²) in [6, 6.07) is 3.86. The Morgan fingerprint density at radius 2 is 1.89 bits per heavy atom. The van der Waals surface area contributed by atoms with Gasteiger partial charge in [-0.1, -0.05) is 13.8 Å². The zero-order valence-corrected chi connectivity index (χ0v) is 21.3. The van der Waals surface area contributed by atoms with Crippen LogP contribution in [0.3, 0.4) is 0 Å². The van der Waals surface area contributed by atoms with E-state index in [-0.39, 0.29) is 6.04 Å². The van der Waals surface area contributed by atoms with E-state index < -0.39 is 6.09 Å². The molecule has 11 nitrogen and oxygen atoms in total. The Morgan fingerprint density at radius 3 is 2.40 bits per heavy atom. The number of hydrogen-bond acceptors (Lipinski definition) is 7. The normalized spacial score (nSPS) is 15.2. The Kier molecular flexibility index (Phi) is 12.6. The predicted octanol–water partition coefficient (Wildman–Crippen LogP) is 4.15. The molecule has 1 amide bonds. The van der Waals surface area contributed by atoms with Crippen molar-refractivity contribution in [3.8, 4) is 0 Å². The maximum absolute atomic E-state index is 9.70. The van der Waals surface area contributed by atoms with Crippen LogP contribution in [-0.4, -0.2) is 68.3 Å². The number of carboxylic acid groups (broad SMARTS) is 1. The largest absolute Gasteiger partial charge is 0.465 e. The third-order valence-electron chi connectivity index (χ3n) is 5.16. The number of rotatable bonds is 4. The van der Waals surface area contributed by atoms with Gasteiger partial charge in [0, 0.05) is 31.2 Å². The molecule has 5 rings (SSSR count). The van der Waals surface area contributed by atoms with Gasteiger partial charge in [-0.05, 0) is 58.7 Å². The van der Waals surface area contributed by atoms with E-state index in [4.69, 9.17) is 14.8 Å². The lowest BCUT2D eigenvalue weighted by Crippen LogP contribution is -2.27. The topological polar surface area (TPSA) is 141 Å². The summed E-state index contributed by atoms with van der Waals surface area (Å²) < 4.78 is 6.84. The molecule has 5 heterocycles. The molecule has 0 spiro atoms. The second kappa shape index (κ2) is 15.7. The fraction of sp³-hybridized carbons (Fsp3) is 0.583.